The van der Waals surface area contributed by atoms with Gasteiger partial charge in [-0.25, -0.2) is 4.98 Å². The van der Waals surface area contributed by atoms with Crippen LogP contribution in [0, 0.1) is 17.8 Å². The molecule has 516 valence electrons. The van der Waals surface area contributed by atoms with Crippen molar-refractivity contribution in [2.45, 2.75) is 186 Å². The van der Waals surface area contributed by atoms with Crippen LogP contribution in [-0.4, -0.2) is 212 Å². The van der Waals surface area contributed by atoms with Crippen LogP contribution in [0.3, 0.4) is 0 Å². The maximum atomic E-state index is 14.3. The smallest absolute Gasteiger partial charge is 0.245 e. The first-order valence-electron chi connectivity index (χ1n) is 30.5. The monoisotopic (exact) mass is 1310 g/mol. The number of aliphatic hydroxyl groups is 2. The van der Waals surface area contributed by atoms with Crippen LogP contribution in [0.4, 0.5) is 0 Å². The van der Waals surface area contributed by atoms with Crippen LogP contribution in [0.2, 0.25) is 0 Å². The summed E-state index contributed by atoms with van der Waals surface area (Å²) < 4.78 is 0. The van der Waals surface area contributed by atoms with E-state index in [0.717, 1.165) is 0 Å². The van der Waals surface area contributed by atoms with Crippen molar-refractivity contribution in [1.82, 2.24) is 73.4 Å². The molecular formula is C59H93N17O17. The van der Waals surface area contributed by atoms with Gasteiger partial charge in [-0.3, -0.25) is 67.1 Å². The molecule has 0 aliphatic carbocycles. The number of aromatic nitrogens is 2. The van der Waals surface area contributed by atoms with Gasteiger partial charge in [-0.2, -0.15) is 0 Å². The van der Waals surface area contributed by atoms with Crippen LogP contribution in [-0.2, 0) is 80.0 Å². The van der Waals surface area contributed by atoms with E-state index >= 15 is 0 Å². The number of amides is 14. The third kappa shape index (κ3) is 26.8. The largest absolute Gasteiger partial charge is 0.508 e. The van der Waals surface area contributed by atoms with Gasteiger partial charge in [-0.1, -0.05) is 53.7 Å². The normalized spacial score (nSPS) is 16.4. The number of nitrogens with zero attached hydrogens (tertiary/aromatic N) is 2. The first-order chi connectivity index (χ1) is 43.6. The van der Waals surface area contributed by atoms with E-state index in [-0.39, 0.29) is 68.6 Å². The molecular weight excluding hydrogens is 1220 g/mol. The second-order valence-electron chi connectivity index (χ2n) is 24.2. The van der Waals surface area contributed by atoms with Crippen LogP contribution in [0.15, 0.2) is 36.8 Å². The van der Waals surface area contributed by atoms with Gasteiger partial charge in [0.05, 0.1) is 38.5 Å². The van der Waals surface area contributed by atoms with E-state index < -0.39 is 181 Å². The zero-order valence-electron chi connectivity index (χ0n) is 53.8. The quantitative estimate of drug-likeness (QED) is 0.0297. The van der Waals surface area contributed by atoms with E-state index in [9.17, 15) is 82.4 Å². The molecule has 93 heavy (non-hydrogen) atoms. The number of aromatic hydroxyl groups is 1. The van der Waals surface area contributed by atoms with Crippen molar-refractivity contribution in [2.75, 3.05) is 26.2 Å². The summed E-state index contributed by atoms with van der Waals surface area (Å²) in [6.07, 6.45) is 1.21. The van der Waals surface area contributed by atoms with Crippen molar-refractivity contribution < 1.29 is 82.4 Å². The fourth-order valence-electron chi connectivity index (χ4n) is 9.52. The van der Waals surface area contributed by atoms with Crippen molar-refractivity contribution in [3.63, 3.8) is 0 Å². The molecule has 3 rings (SSSR count). The van der Waals surface area contributed by atoms with Crippen molar-refractivity contribution >= 4 is 82.7 Å². The number of likely N-dealkylation sites (tertiary alicyclic amines) is 1. The molecule has 0 bridgehead atoms. The van der Waals surface area contributed by atoms with Gasteiger partial charge in [0.1, 0.15) is 72.2 Å². The molecule has 2 heterocycles. The Morgan fingerprint density at radius 2 is 1.04 bits per heavy atom. The molecule has 0 radical (unpaired) electrons. The van der Waals surface area contributed by atoms with Crippen molar-refractivity contribution in [2.24, 2.45) is 35.0 Å². The number of hydrogen-bond acceptors (Lipinski definition) is 19. The predicted molar refractivity (Wildman–Crippen MR) is 332 cm³/mol. The van der Waals surface area contributed by atoms with Gasteiger partial charge in [0, 0.05) is 31.3 Å². The molecule has 1 aromatic carbocycles. The number of nitrogens with two attached hydrogens (primary N) is 3. The summed E-state index contributed by atoms with van der Waals surface area (Å²) in [5.74, 6) is -13.2. The van der Waals surface area contributed by atoms with Gasteiger partial charge in [-0.05, 0) is 88.3 Å². The maximum absolute atomic E-state index is 14.3. The number of benzene rings is 1. The Balaban J connectivity index is 1.71. The Morgan fingerprint density at radius 3 is 1.56 bits per heavy atom. The highest BCUT2D eigenvalue weighted by molar-refractivity contribution is 6.00. The van der Waals surface area contributed by atoms with E-state index in [0.29, 0.717) is 17.7 Å². The fourth-order valence-corrected chi connectivity index (χ4v) is 9.52. The molecule has 1 aliphatic rings. The molecule has 0 spiro atoms. The minimum Gasteiger partial charge on any atom is -0.508 e. The second kappa shape index (κ2) is 37.9. The average Bonchev–Trinajstić information content (AvgIpc) is 1.98. The molecule has 1 aliphatic heterocycles. The average molecular weight is 1310 g/mol. The Hall–Kier alpha value is -9.31. The Labute approximate surface area is 538 Å². The first kappa shape index (κ1) is 77.9. The number of H-pyrrole nitrogens is 1. The molecule has 21 N–H and O–H groups in total. The summed E-state index contributed by atoms with van der Waals surface area (Å²) in [6.45, 7) is 12.1. The summed E-state index contributed by atoms with van der Waals surface area (Å²) in [6, 6.07) is -9.45. The summed E-state index contributed by atoms with van der Waals surface area (Å²) in [7, 11) is 0. The molecule has 0 saturated carbocycles. The number of phenols is 1. The van der Waals surface area contributed by atoms with Crippen molar-refractivity contribution in [1.29, 1.82) is 0 Å². The molecule has 34 nitrogen and oxygen atoms in total. The van der Waals surface area contributed by atoms with Gasteiger partial charge < -0.3 is 101 Å². The Morgan fingerprint density at radius 1 is 0.570 bits per heavy atom. The lowest BCUT2D eigenvalue weighted by Crippen LogP contribution is -2.60. The molecule has 0 unspecified atom stereocenters. The number of aliphatic hydroxyl groups excluding tert-OH is 2. The molecule has 14 amide bonds. The minimum atomic E-state index is -1.79. The van der Waals surface area contributed by atoms with Crippen molar-refractivity contribution in [3.8, 4) is 5.75 Å². The van der Waals surface area contributed by atoms with Gasteiger partial charge in [0.15, 0.2) is 0 Å². The summed E-state index contributed by atoms with van der Waals surface area (Å²) in [5, 5.41) is 56.9. The highest BCUT2D eigenvalue weighted by Crippen LogP contribution is 2.19. The third-order valence-electron chi connectivity index (χ3n) is 14.6. The second-order valence-corrected chi connectivity index (χ2v) is 24.2. The number of nitrogens with one attached hydrogen (secondary N) is 12. The summed E-state index contributed by atoms with van der Waals surface area (Å²) >= 11 is 0. The number of aromatic amines is 1. The molecule has 12 atom stereocenters. The lowest BCUT2D eigenvalue weighted by Gasteiger charge is -2.28. The zero-order valence-corrected chi connectivity index (χ0v) is 53.8. The lowest BCUT2D eigenvalue weighted by molar-refractivity contribution is -0.140. The van der Waals surface area contributed by atoms with Crippen LogP contribution in [0.25, 0.3) is 0 Å². The number of phenolic OH excluding ortho intramolecular Hbond substituents is 1. The summed E-state index contributed by atoms with van der Waals surface area (Å²) in [4.78, 5) is 195. The molecule has 1 aromatic heterocycles. The van der Waals surface area contributed by atoms with E-state index in [1.165, 1.54) is 62.5 Å². The minimum absolute atomic E-state index is 0.0197. The maximum Gasteiger partial charge on any atom is 0.245 e. The predicted octanol–water partition coefficient (Wildman–Crippen LogP) is -6.27. The van der Waals surface area contributed by atoms with Gasteiger partial charge in [0.2, 0.25) is 82.7 Å². The number of carbonyl (C=O) groups is 14. The van der Waals surface area contributed by atoms with E-state index in [1.54, 1.807) is 41.5 Å². The number of rotatable bonds is 38. The Kier molecular flexibility index (Phi) is 31.7. The first-order valence-corrected chi connectivity index (χ1v) is 30.5. The molecule has 1 fully saturated rings. The van der Waals surface area contributed by atoms with Gasteiger partial charge in [-0.15, -0.1) is 0 Å². The standard InChI is InChI=1S/C59H93N17O17/c1-28(2)17-37(51(85)65-25-47(82)76-16-10-11-44(76)58(92)73-41(21-35-23-63-27-66-35)52(86)67-31(7)49(62)83)70-53(87)38(18-29(3)4)71-55(89)40(20-34-12-14-36(79)15-13-34)69-46(81)24-64-50(84)32(8)68-57(91)43(26-77)75-56(90)42(22-45(60)80)72-54(88)39(19-30(5)6)74-59(93)48(61)33(9)78/h12-15,23,27-33,37-44,48,77-79H,10-11,16-22,24-26,61H2,1-9H3,(H2,60,80)(H2,62,83)(H,63,66)(H,64,84)(H,65,85)(H,67,86)(H,68,91)(H,69,81)(H,70,87)(H,71,89)(H,72,88)(H,73,92)(H,74,93)(H,75,90)/t31-,32-,33+,37-,38-,39-,40-,41-,42-,43-,44-,48-/m0/s1. The van der Waals surface area contributed by atoms with Crippen LogP contribution in [0.5, 0.6) is 5.75 Å². The number of imidazole rings is 1. The van der Waals surface area contributed by atoms with Crippen LogP contribution in [0.1, 0.15) is 112 Å². The molecule has 1 saturated heterocycles. The van der Waals surface area contributed by atoms with E-state index in [4.69, 9.17) is 17.2 Å². The highest BCUT2D eigenvalue weighted by Gasteiger charge is 2.39. The summed E-state index contributed by atoms with van der Waals surface area (Å²) in [5.41, 5.74) is 17.3. The highest BCUT2D eigenvalue weighted by atomic mass is 16.3. The Bertz CT molecular complexity index is 2930. The van der Waals surface area contributed by atoms with E-state index in [1.807, 2.05) is 0 Å². The topological polar surface area (TPSA) is 542 Å². The lowest BCUT2D eigenvalue weighted by atomic mass is 9.99. The van der Waals surface area contributed by atoms with Gasteiger partial charge >= 0.3 is 0 Å². The van der Waals surface area contributed by atoms with Crippen molar-refractivity contribution in [3.05, 3.63) is 48.0 Å². The van der Waals surface area contributed by atoms with Gasteiger partial charge in [0.25, 0.3) is 0 Å². The fraction of sp³-hybridized carbons (Fsp3) is 0.610. The number of hydrogen-bond donors (Lipinski definition) is 18. The zero-order chi connectivity index (χ0) is 70.0. The molecule has 2 aromatic rings. The van der Waals surface area contributed by atoms with Crippen LogP contribution < -0.4 is 75.7 Å². The molecule has 34 heteroatoms. The number of primary amides is 2. The van der Waals surface area contributed by atoms with Crippen LogP contribution >= 0.6 is 0 Å². The third-order valence-corrected chi connectivity index (χ3v) is 14.6. The van der Waals surface area contributed by atoms with E-state index in [2.05, 4.69) is 68.5 Å². The SMILES string of the molecule is CC(C)C[C@H](NC(=O)[C@H](CC(C)C)NC(=O)[C@H](Cc1ccc(O)cc1)NC(=O)CNC(=O)[C@H](C)NC(=O)[C@H](CO)NC(=O)[C@H](CC(N)=O)NC(=O)[C@H](CC(C)C)NC(=O)[C@@H](N)[C@@H](C)O)C(=O)NCC(=O)N1CCC[C@H]1C(=O)N[C@@H](Cc1cnc[nH]1)C(=O)N[C@@H](C)C(N)=O. The number of carbonyl (C=O) groups excluding carboxylic acids is 14.